The van der Waals surface area contributed by atoms with Gasteiger partial charge >= 0.3 is 0 Å². The zero-order chi connectivity index (χ0) is 22.5. The fraction of sp³-hybridized carbons (Fsp3) is 0.211. The molecule has 1 aromatic heterocycles. The Hall–Kier alpha value is -2.82. The van der Waals surface area contributed by atoms with Crippen LogP contribution in [0.25, 0.3) is 0 Å². The number of anilines is 1. The fourth-order valence-corrected chi connectivity index (χ4v) is 3.74. The van der Waals surface area contributed by atoms with Crippen molar-refractivity contribution in [2.45, 2.75) is 18.7 Å². The number of nitrogens with zero attached hydrogens (tertiary/aromatic N) is 4. The van der Waals surface area contributed by atoms with E-state index in [-0.39, 0.29) is 24.0 Å². The summed E-state index contributed by atoms with van der Waals surface area (Å²) < 4.78 is 7.37. The molecule has 1 N–H and O–H groups in total. The van der Waals surface area contributed by atoms with Crippen molar-refractivity contribution in [3.8, 4) is 5.75 Å². The number of benzene rings is 2. The highest BCUT2D eigenvalue weighted by Gasteiger charge is 2.15. The molecule has 0 radical (unpaired) electrons. The summed E-state index contributed by atoms with van der Waals surface area (Å²) in [6, 6.07) is 9.45. The standard InChI is InChI=1S/C19H17Cl2N5O4S/c1-11-3-5-13(8-15(11)26(28)29)22-18(27)10-31-19-24-23-17(25(19)2)9-30-16-6-4-12(20)7-14(16)21/h3-8H,9-10H2,1-2H3,(H,22,27). The molecule has 0 saturated heterocycles. The largest absolute Gasteiger partial charge is 0.484 e. The van der Waals surface area contributed by atoms with Crippen molar-refractivity contribution in [2.24, 2.45) is 7.05 Å². The molecule has 0 aliphatic rings. The van der Waals surface area contributed by atoms with Crippen molar-refractivity contribution in [2.75, 3.05) is 11.1 Å². The zero-order valence-corrected chi connectivity index (χ0v) is 18.8. The van der Waals surface area contributed by atoms with Crippen LogP contribution in [0.4, 0.5) is 11.4 Å². The number of carbonyl (C=O) groups excluding carboxylic acids is 1. The number of rotatable bonds is 8. The van der Waals surface area contributed by atoms with Crippen molar-refractivity contribution in [1.82, 2.24) is 14.8 Å². The summed E-state index contributed by atoms with van der Waals surface area (Å²) in [6.45, 7) is 1.76. The lowest BCUT2D eigenvalue weighted by Gasteiger charge is -2.08. The average Bonchev–Trinajstić information content (AvgIpc) is 3.06. The van der Waals surface area contributed by atoms with Crippen molar-refractivity contribution in [3.05, 3.63) is 67.9 Å². The number of hydrogen-bond acceptors (Lipinski definition) is 7. The summed E-state index contributed by atoms with van der Waals surface area (Å²) in [7, 11) is 1.76. The molecule has 0 aliphatic carbocycles. The Morgan fingerprint density at radius 3 is 2.74 bits per heavy atom. The van der Waals surface area contributed by atoms with E-state index in [2.05, 4.69) is 15.5 Å². The molecule has 0 saturated carbocycles. The number of nitro benzene ring substituents is 1. The third-order valence-electron chi connectivity index (χ3n) is 4.20. The van der Waals surface area contributed by atoms with Gasteiger partial charge in [0.15, 0.2) is 11.0 Å². The monoisotopic (exact) mass is 481 g/mol. The summed E-state index contributed by atoms with van der Waals surface area (Å²) >= 11 is 13.1. The maximum absolute atomic E-state index is 12.2. The first-order valence-electron chi connectivity index (χ1n) is 8.88. The van der Waals surface area contributed by atoms with Gasteiger partial charge in [-0.25, -0.2) is 0 Å². The topological polar surface area (TPSA) is 112 Å². The number of ether oxygens (including phenoxy) is 1. The van der Waals surface area contributed by atoms with Crippen molar-refractivity contribution < 1.29 is 14.5 Å². The van der Waals surface area contributed by atoms with E-state index in [1.807, 2.05) is 0 Å². The van der Waals surface area contributed by atoms with Gasteiger partial charge in [-0.3, -0.25) is 14.9 Å². The molecule has 3 aromatic rings. The maximum Gasteiger partial charge on any atom is 0.274 e. The Labute approximate surface area is 191 Å². The second-order valence-corrected chi connectivity index (χ2v) is 8.20. The third-order valence-corrected chi connectivity index (χ3v) is 5.75. The summed E-state index contributed by atoms with van der Waals surface area (Å²) in [4.78, 5) is 22.8. The van der Waals surface area contributed by atoms with Gasteiger partial charge in [-0.1, -0.05) is 41.0 Å². The SMILES string of the molecule is Cc1ccc(NC(=O)CSc2nnc(COc3ccc(Cl)cc3Cl)n2C)cc1[N+](=O)[O-]. The smallest absolute Gasteiger partial charge is 0.274 e. The van der Waals surface area contributed by atoms with Gasteiger partial charge in [0.05, 0.1) is 15.7 Å². The Morgan fingerprint density at radius 2 is 2.03 bits per heavy atom. The van der Waals surface area contributed by atoms with Crippen molar-refractivity contribution in [3.63, 3.8) is 0 Å². The van der Waals surface area contributed by atoms with E-state index in [1.54, 1.807) is 48.9 Å². The normalized spacial score (nSPS) is 10.7. The molecule has 162 valence electrons. The highest BCUT2D eigenvalue weighted by molar-refractivity contribution is 7.99. The van der Waals surface area contributed by atoms with E-state index < -0.39 is 4.92 Å². The molecule has 0 spiro atoms. The molecule has 31 heavy (non-hydrogen) atoms. The Kier molecular flexibility index (Phi) is 7.37. The first-order chi connectivity index (χ1) is 14.7. The van der Waals surface area contributed by atoms with Crippen LogP contribution in [0.1, 0.15) is 11.4 Å². The number of thioether (sulfide) groups is 1. The Balaban J connectivity index is 1.56. The van der Waals surface area contributed by atoms with Crippen LogP contribution in [-0.4, -0.2) is 31.3 Å². The quantitative estimate of drug-likeness (QED) is 0.283. The number of nitro groups is 1. The van der Waals surface area contributed by atoms with Gasteiger partial charge in [0.2, 0.25) is 5.91 Å². The molecule has 0 aliphatic heterocycles. The van der Waals surface area contributed by atoms with E-state index in [9.17, 15) is 14.9 Å². The van der Waals surface area contributed by atoms with Gasteiger partial charge in [-0.15, -0.1) is 10.2 Å². The molecule has 1 amide bonds. The van der Waals surface area contributed by atoms with Crippen molar-refractivity contribution in [1.29, 1.82) is 0 Å². The number of halogens is 2. The third kappa shape index (κ3) is 5.87. The van der Waals surface area contributed by atoms with Gasteiger partial charge in [-0.2, -0.15) is 0 Å². The van der Waals surface area contributed by atoms with E-state index in [4.69, 9.17) is 27.9 Å². The fourth-order valence-electron chi connectivity index (χ4n) is 2.54. The minimum Gasteiger partial charge on any atom is -0.484 e. The average molecular weight is 482 g/mol. The molecule has 0 bridgehead atoms. The minimum absolute atomic E-state index is 0.0517. The number of carbonyl (C=O) groups is 1. The van der Waals surface area contributed by atoms with Crippen molar-refractivity contribution >= 4 is 52.2 Å². The number of nitrogens with one attached hydrogen (secondary N) is 1. The molecule has 0 fully saturated rings. The number of hydrogen-bond donors (Lipinski definition) is 1. The molecule has 1 heterocycles. The first-order valence-corrected chi connectivity index (χ1v) is 10.6. The predicted octanol–water partition coefficient (Wildman–Crippen LogP) is 4.65. The molecule has 12 heteroatoms. The number of aromatic nitrogens is 3. The van der Waals surface area contributed by atoms with Crippen LogP contribution in [0.3, 0.4) is 0 Å². The van der Waals surface area contributed by atoms with Crippen LogP contribution in [0.15, 0.2) is 41.6 Å². The predicted molar refractivity (Wildman–Crippen MR) is 119 cm³/mol. The highest BCUT2D eigenvalue weighted by Crippen LogP contribution is 2.28. The molecular formula is C19H17Cl2N5O4S. The molecule has 0 unspecified atom stereocenters. The van der Waals surface area contributed by atoms with E-state index in [0.29, 0.717) is 38.0 Å². The first kappa shape index (κ1) is 22.9. The molecular weight excluding hydrogens is 465 g/mol. The number of aryl methyl sites for hydroxylation is 1. The van der Waals surface area contributed by atoms with Gasteiger partial charge < -0.3 is 14.6 Å². The zero-order valence-electron chi connectivity index (χ0n) is 16.5. The van der Waals surface area contributed by atoms with Gasteiger partial charge in [0, 0.05) is 29.4 Å². The number of amides is 1. The second kappa shape index (κ2) is 9.99. The van der Waals surface area contributed by atoms with E-state index >= 15 is 0 Å². The molecule has 3 rings (SSSR count). The lowest BCUT2D eigenvalue weighted by molar-refractivity contribution is -0.385. The maximum atomic E-state index is 12.2. The van der Waals surface area contributed by atoms with Crippen LogP contribution in [0.2, 0.25) is 10.0 Å². The van der Waals surface area contributed by atoms with E-state index in [0.717, 1.165) is 0 Å². The molecule has 0 atom stereocenters. The minimum atomic E-state index is -0.486. The van der Waals surface area contributed by atoms with Gasteiger partial charge in [0.1, 0.15) is 12.4 Å². The van der Waals surface area contributed by atoms with Gasteiger partial charge in [0.25, 0.3) is 5.69 Å². The molecule has 2 aromatic carbocycles. The van der Waals surface area contributed by atoms with Crippen LogP contribution < -0.4 is 10.1 Å². The summed E-state index contributed by atoms with van der Waals surface area (Å²) in [5.74, 6) is 0.743. The van der Waals surface area contributed by atoms with Crippen LogP contribution in [0.5, 0.6) is 5.75 Å². The van der Waals surface area contributed by atoms with Crippen LogP contribution in [-0.2, 0) is 18.4 Å². The summed E-state index contributed by atoms with van der Waals surface area (Å²) in [5, 5.41) is 23.2. The summed E-state index contributed by atoms with van der Waals surface area (Å²) in [6.07, 6.45) is 0. The lowest BCUT2D eigenvalue weighted by Crippen LogP contribution is -2.15. The van der Waals surface area contributed by atoms with E-state index in [1.165, 1.54) is 17.8 Å². The second-order valence-electron chi connectivity index (χ2n) is 6.42. The lowest BCUT2D eigenvalue weighted by atomic mass is 10.2. The molecule has 9 nitrogen and oxygen atoms in total. The van der Waals surface area contributed by atoms with Crippen LogP contribution in [0, 0.1) is 17.0 Å². The highest BCUT2D eigenvalue weighted by atomic mass is 35.5. The summed E-state index contributed by atoms with van der Waals surface area (Å²) in [5.41, 5.74) is 0.824. The van der Waals surface area contributed by atoms with Crippen LogP contribution >= 0.6 is 35.0 Å². The van der Waals surface area contributed by atoms with Gasteiger partial charge in [-0.05, 0) is 31.2 Å². The Morgan fingerprint density at radius 1 is 1.26 bits per heavy atom. The Bertz CT molecular complexity index is 1140.